The van der Waals surface area contributed by atoms with Crippen LogP contribution < -0.4 is 5.73 Å². The predicted octanol–water partition coefficient (Wildman–Crippen LogP) is 4.82. The van der Waals surface area contributed by atoms with Gasteiger partial charge in [0.05, 0.1) is 0 Å². The zero-order valence-electron chi connectivity index (χ0n) is 10.8. The lowest BCUT2D eigenvalue weighted by Gasteiger charge is -2.19. The number of rotatable bonds is 3. The molecule has 19 heavy (non-hydrogen) atoms. The van der Waals surface area contributed by atoms with Gasteiger partial charge in [-0.3, -0.25) is 0 Å². The summed E-state index contributed by atoms with van der Waals surface area (Å²) in [6, 6.07) is 10.2. The van der Waals surface area contributed by atoms with Crippen LogP contribution in [0.25, 0.3) is 11.3 Å². The molecule has 2 nitrogen and oxygen atoms in total. The number of thiazole rings is 1. The van der Waals surface area contributed by atoms with Gasteiger partial charge in [0.25, 0.3) is 0 Å². The van der Waals surface area contributed by atoms with Crippen LogP contribution in [0.5, 0.6) is 0 Å². The van der Waals surface area contributed by atoms with Crippen molar-refractivity contribution in [1.82, 2.24) is 4.98 Å². The summed E-state index contributed by atoms with van der Waals surface area (Å²) < 4.78 is 1.13. The lowest BCUT2D eigenvalue weighted by Crippen LogP contribution is -2.07. The van der Waals surface area contributed by atoms with Gasteiger partial charge in [-0.25, -0.2) is 4.98 Å². The van der Waals surface area contributed by atoms with Crippen molar-refractivity contribution in [3.63, 3.8) is 0 Å². The SMILES string of the molecule is Nc1sc(SC2CCCCC2)nc1-c1ccccc1. The van der Waals surface area contributed by atoms with Gasteiger partial charge in [0.1, 0.15) is 10.7 Å². The molecule has 1 heterocycles. The molecule has 1 aromatic heterocycles. The van der Waals surface area contributed by atoms with E-state index in [2.05, 4.69) is 12.1 Å². The zero-order valence-corrected chi connectivity index (χ0v) is 12.5. The van der Waals surface area contributed by atoms with E-state index >= 15 is 0 Å². The zero-order chi connectivity index (χ0) is 13.1. The molecule has 1 saturated carbocycles. The summed E-state index contributed by atoms with van der Waals surface area (Å²) in [6.07, 6.45) is 6.77. The Hall–Kier alpha value is -1.00. The Morgan fingerprint density at radius 3 is 2.58 bits per heavy atom. The van der Waals surface area contributed by atoms with Crippen LogP contribution in [0.3, 0.4) is 0 Å². The maximum absolute atomic E-state index is 6.12. The number of nitrogen functional groups attached to an aromatic ring is 1. The quantitative estimate of drug-likeness (QED) is 0.881. The van der Waals surface area contributed by atoms with Gasteiger partial charge >= 0.3 is 0 Å². The minimum atomic E-state index is 0.739. The molecular formula is C15H18N2S2. The van der Waals surface area contributed by atoms with Gasteiger partial charge in [-0.2, -0.15) is 0 Å². The monoisotopic (exact) mass is 290 g/mol. The molecule has 0 bridgehead atoms. The Kier molecular flexibility index (Phi) is 4.09. The van der Waals surface area contributed by atoms with Crippen LogP contribution in [0.4, 0.5) is 5.00 Å². The van der Waals surface area contributed by atoms with Crippen LogP contribution in [-0.2, 0) is 0 Å². The molecule has 2 N–H and O–H groups in total. The fourth-order valence-electron chi connectivity index (χ4n) is 2.49. The Balaban J connectivity index is 1.77. The van der Waals surface area contributed by atoms with Crippen molar-refractivity contribution in [3.05, 3.63) is 30.3 Å². The second-order valence-electron chi connectivity index (χ2n) is 4.94. The van der Waals surface area contributed by atoms with E-state index in [0.717, 1.165) is 25.8 Å². The highest BCUT2D eigenvalue weighted by atomic mass is 32.2. The lowest BCUT2D eigenvalue weighted by molar-refractivity contribution is 0.516. The molecule has 1 aliphatic rings. The first kappa shape index (κ1) is 13.0. The summed E-state index contributed by atoms with van der Waals surface area (Å²) in [7, 11) is 0. The number of hydrogen-bond acceptors (Lipinski definition) is 4. The van der Waals surface area contributed by atoms with E-state index in [1.54, 1.807) is 11.3 Å². The summed E-state index contributed by atoms with van der Waals surface area (Å²) in [5.41, 5.74) is 8.19. The molecule has 0 atom stereocenters. The van der Waals surface area contributed by atoms with Crippen LogP contribution in [-0.4, -0.2) is 10.2 Å². The molecular weight excluding hydrogens is 272 g/mol. The smallest absolute Gasteiger partial charge is 0.152 e. The van der Waals surface area contributed by atoms with Gasteiger partial charge in [0, 0.05) is 10.8 Å². The molecule has 0 unspecified atom stereocenters. The molecule has 0 spiro atoms. The maximum Gasteiger partial charge on any atom is 0.152 e. The number of anilines is 1. The standard InChI is InChI=1S/C15H18N2S2/c16-14-13(11-7-3-1-4-8-11)17-15(19-14)18-12-9-5-2-6-10-12/h1,3-4,7-8,12H,2,5-6,9-10,16H2. The van der Waals surface area contributed by atoms with Gasteiger partial charge in [0.15, 0.2) is 4.34 Å². The molecule has 0 amide bonds. The maximum atomic E-state index is 6.12. The molecule has 4 heteroatoms. The van der Waals surface area contributed by atoms with Crippen LogP contribution in [0.2, 0.25) is 0 Å². The first-order valence-corrected chi connectivity index (χ1v) is 8.51. The van der Waals surface area contributed by atoms with Crippen LogP contribution >= 0.6 is 23.1 Å². The Labute approximate surface area is 122 Å². The van der Waals surface area contributed by atoms with E-state index in [0.29, 0.717) is 0 Å². The van der Waals surface area contributed by atoms with E-state index in [1.165, 1.54) is 32.1 Å². The molecule has 1 fully saturated rings. The van der Waals surface area contributed by atoms with E-state index < -0.39 is 0 Å². The second kappa shape index (κ2) is 5.97. The minimum absolute atomic E-state index is 0.739. The summed E-state index contributed by atoms with van der Waals surface area (Å²) in [5.74, 6) is 0. The van der Waals surface area contributed by atoms with Crippen molar-refractivity contribution < 1.29 is 0 Å². The number of thioether (sulfide) groups is 1. The van der Waals surface area contributed by atoms with Crippen molar-refractivity contribution in [1.29, 1.82) is 0 Å². The average Bonchev–Trinajstić information content (AvgIpc) is 2.82. The number of nitrogens with two attached hydrogens (primary N) is 1. The largest absolute Gasteiger partial charge is 0.389 e. The van der Waals surface area contributed by atoms with Crippen LogP contribution in [0, 0.1) is 0 Å². The third kappa shape index (κ3) is 3.12. The van der Waals surface area contributed by atoms with Crippen molar-refractivity contribution in [2.75, 3.05) is 5.73 Å². The van der Waals surface area contributed by atoms with Gasteiger partial charge in [-0.05, 0) is 12.8 Å². The van der Waals surface area contributed by atoms with Gasteiger partial charge in [-0.1, -0.05) is 72.7 Å². The molecule has 0 radical (unpaired) electrons. The second-order valence-corrected chi connectivity index (χ2v) is 7.51. The minimum Gasteiger partial charge on any atom is -0.389 e. The molecule has 100 valence electrons. The molecule has 1 aliphatic carbocycles. The Morgan fingerprint density at radius 2 is 1.84 bits per heavy atom. The van der Waals surface area contributed by atoms with Crippen molar-refractivity contribution in [2.45, 2.75) is 41.7 Å². The van der Waals surface area contributed by atoms with Crippen LogP contribution in [0.15, 0.2) is 34.7 Å². The highest BCUT2D eigenvalue weighted by molar-refractivity contribution is 8.01. The van der Waals surface area contributed by atoms with Gasteiger partial charge in [0.2, 0.25) is 0 Å². The topological polar surface area (TPSA) is 38.9 Å². The van der Waals surface area contributed by atoms with E-state index in [4.69, 9.17) is 10.7 Å². The first-order chi connectivity index (χ1) is 9.33. The summed E-state index contributed by atoms with van der Waals surface area (Å²) >= 11 is 3.55. The first-order valence-electron chi connectivity index (χ1n) is 6.81. The summed E-state index contributed by atoms with van der Waals surface area (Å²) in [6.45, 7) is 0. The predicted molar refractivity (Wildman–Crippen MR) is 84.7 cm³/mol. The van der Waals surface area contributed by atoms with Crippen molar-refractivity contribution in [2.24, 2.45) is 0 Å². The molecule has 1 aromatic carbocycles. The lowest BCUT2D eigenvalue weighted by atomic mass is 10.0. The van der Waals surface area contributed by atoms with E-state index in [9.17, 15) is 0 Å². The fourth-order valence-corrected chi connectivity index (χ4v) is 4.94. The third-order valence-corrected chi connectivity index (χ3v) is 5.82. The molecule has 2 aromatic rings. The number of hydrogen-bond donors (Lipinski definition) is 1. The summed E-state index contributed by atoms with van der Waals surface area (Å²) in [4.78, 5) is 4.73. The van der Waals surface area contributed by atoms with Crippen molar-refractivity contribution in [3.8, 4) is 11.3 Å². The number of nitrogens with zero attached hydrogens (tertiary/aromatic N) is 1. The van der Waals surface area contributed by atoms with E-state index in [1.807, 2.05) is 30.0 Å². The number of aromatic nitrogens is 1. The normalized spacial score (nSPS) is 16.6. The summed E-state index contributed by atoms with van der Waals surface area (Å²) in [5, 5.41) is 1.58. The van der Waals surface area contributed by atoms with Gasteiger partial charge < -0.3 is 5.73 Å². The number of benzene rings is 1. The molecule has 0 saturated heterocycles. The Morgan fingerprint density at radius 1 is 1.11 bits per heavy atom. The molecule has 3 rings (SSSR count). The highest BCUT2D eigenvalue weighted by Crippen LogP contribution is 2.40. The van der Waals surface area contributed by atoms with Gasteiger partial charge in [-0.15, -0.1) is 0 Å². The fraction of sp³-hybridized carbons (Fsp3) is 0.400. The van der Waals surface area contributed by atoms with Crippen LogP contribution in [0.1, 0.15) is 32.1 Å². The van der Waals surface area contributed by atoms with E-state index in [-0.39, 0.29) is 0 Å². The molecule has 0 aliphatic heterocycles. The highest BCUT2D eigenvalue weighted by Gasteiger charge is 2.18. The van der Waals surface area contributed by atoms with Crippen molar-refractivity contribution >= 4 is 28.1 Å². The average molecular weight is 290 g/mol. The Bertz CT molecular complexity index is 530. The third-order valence-electron chi connectivity index (χ3n) is 3.50.